The van der Waals surface area contributed by atoms with Gasteiger partial charge < -0.3 is 25.0 Å². The molecule has 8 heteroatoms. The second-order valence-electron chi connectivity index (χ2n) is 6.65. The van der Waals surface area contributed by atoms with Crippen molar-refractivity contribution in [2.75, 3.05) is 6.61 Å². The Balaban J connectivity index is 1.71. The maximum absolute atomic E-state index is 13.9. The molecule has 0 spiro atoms. The summed E-state index contributed by atoms with van der Waals surface area (Å²) < 4.78 is 33.0. The minimum atomic E-state index is -1.15. The van der Waals surface area contributed by atoms with Gasteiger partial charge in [0, 0.05) is 18.1 Å². The first-order chi connectivity index (χ1) is 13.0. The summed E-state index contributed by atoms with van der Waals surface area (Å²) in [5.41, 5.74) is 1.42. The fraction of sp³-hybridized carbons (Fsp3) is 0.316. The van der Waals surface area contributed by atoms with Gasteiger partial charge in [-0.2, -0.15) is 0 Å². The molecule has 4 atom stereocenters. The maximum Gasteiger partial charge on any atom is 0.153 e. The van der Waals surface area contributed by atoms with Crippen LogP contribution in [0.3, 0.4) is 0 Å². The monoisotopic (exact) mass is 376 g/mol. The Kier molecular flexibility index (Phi) is 4.65. The molecule has 3 aromatic rings. The first kappa shape index (κ1) is 18.0. The Morgan fingerprint density at radius 3 is 2.78 bits per heavy atom. The van der Waals surface area contributed by atoms with E-state index in [0.29, 0.717) is 17.0 Å². The third-order valence-electron chi connectivity index (χ3n) is 4.74. The van der Waals surface area contributed by atoms with Crippen molar-refractivity contribution in [3.05, 3.63) is 53.6 Å². The predicted octanol–water partition coefficient (Wildman–Crippen LogP) is 2.05. The Labute approximate surface area is 153 Å². The van der Waals surface area contributed by atoms with Crippen LogP contribution in [0.25, 0.3) is 22.4 Å². The predicted molar refractivity (Wildman–Crippen MR) is 92.8 cm³/mol. The summed E-state index contributed by atoms with van der Waals surface area (Å²) in [7, 11) is 0. The number of halogens is 2. The first-order valence-corrected chi connectivity index (χ1v) is 8.54. The van der Waals surface area contributed by atoms with Crippen molar-refractivity contribution in [2.24, 2.45) is 0 Å². The third-order valence-corrected chi connectivity index (χ3v) is 4.74. The molecule has 142 valence electrons. The molecular weight excluding hydrogens is 358 g/mol. The summed E-state index contributed by atoms with van der Waals surface area (Å²) in [6.07, 6.45) is -3.44. The second kappa shape index (κ2) is 6.97. The average Bonchev–Trinajstić information content (AvgIpc) is 3.08. The second-order valence-corrected chi connectivity index (χ2v) is 6.65. The Morgan fingerprint density at radius 2 is 2.00 bits per heavy atom. The number of imidazole rings is 1. The van der Waals surface area contributed by atoms with Crippen LogP contribution >= 0.6 is 0 Å². The van der Waals surface area contributed by atoms with Gasteiger partial charge >= 0.3 is 0 Å². The number of nitrogens with zero attached hydrogens (tertiary/aromatic N) is 1. The zero-order chi connectivity index (χ0) is 19.1. The minimum absolute atomic E-state index is 0.0292. The molecule has 0 amide bonds. The molecule has 4 N–H and O–H groups in total. The number of aliphatic hydroxyl groups excluding tert-OH is 3. The molecule has 6 nitrogen and oxygen atoms in total. The summed E-state index contributed by atoms with van der Waals surface area (Å²) in [6.45, 7) is -0.269. The SMILES string of the molecule is OCC1CC(O)C(O)[C@@H](c2cccc(-c3nc4c(F)cc(F)cc4[nH]3)c2)O1. The maximum atomic E-state index is 13.9. The summed E-state index contributed by atoms with van der Waals surface area (Å²) in [5, 5.41) is 29.6. The van der Waals surface area contributed by atoms with Gasteiger partial charge in [-0.25, -0.2) is 13.8 Å². The van der Waals surface area contributed by atoms with Gasteiger partial charge in [0.2, 0.25) is 0 Å². The fourth-order valence-corrected chi connectivity index (χ4v) is 3.39. The van der Waals surface area contributed by atoms with Crippen molar-refractivity contribution in [2.45, 2.75) is 30.8 Å². The van der Waals surface area contributed by atoms with E-state index in [0.717, 1.165) is 12.1 Å². The van der Waals surface area contributed by atoms with Crippen LogP contribution in [0.2, 0.25) is 0 Å². The molecule has 2 heterocycles. The number of H-pyrrole nitrogens is 1. The zero-order valence-corrected chi connectivity index (χ0v) is 14.1. The molecule has 27 heavy (non-hydrogen) atoms. The van der Waals surface area contributed by atoms with E-state index in [2.05, 4.69) is 9.97 Å². The number of aromatic nitrogens is 2. The van der Waals surface area contributed by atoms with Gasteiger partial charge in [-0.05, 0) is 17.7 Å². The van der Waals surface area contributed by atoms with E-state index in [4.69, 9.17) is 4.74 Å². The third kappa shape index (κ3) is 3.32. The molecule has 1 fully saturated rings. The summed E-state index contributed by atoms with van der Waals surface area (Å²) in [4.78, 5) is 7.06. The lowest BCUT2D eigenvalue weighted by Gasteiger charge is -2.36. The number of hydrogen-bond acceptors (Lipinski definition) is 5. The number of fused-ring (bicyclic) bond motifs is 1. The topological polar surface area (TPSA) is 98.6 Å². The Bertz CT molecular complexity index is 977. The van der Waals surface area contributed by atoms with Gasteiger partial charge in [0.1, 0.15) is 29.4 Å². The zero-order valence-electron chi connectivity index (χ0n) is 14.1. The van der Waals surface area contributed by atoms with Crippen LogP contribution < -0.4 is 0 Å². The van der Waals surface area contributed by atoms with Crippen LogP contribution in [0.5, 0.6) is 0 Å². The lowest BCUT2D eigenvalue weighted by Crippen LogP contribution is -2.44. The molecule has 2 aromatic carbocycles. The number of aliphatic hydroxyl groups is 3. The molecule has 0 radical (unpaired) electrons. The number of hydrogen-bond donors (Lipinski definition) is 4. The van der Waals surface area contributed by atoms with Gasteiger partial charge in [0.25, 0.3) is 0 Å². The highest BCUT2D eigenvalue weighted by Crippen LogP contribution is 2.34. The quantitative estimate of drug-likeness (QED) is 0.561. The van der Waals surface area contributed by atoms with Gasteiger partial charge in [0.15, 0.2) is 5.82 Å². The van der Waals surface area contributed by atoms with E-state index in [1.165, 1.54) is 0 Å². The Hall–Kier alpha value is -2.39. The molecule has 3 unspecified atom stereocenters. The van der Waals surface area contributed by atoms with Crippen molar-refractivity contribution in [3.8, 4) is 11.4 Å². The molecule has 1 aromatic heterocycles. The number of rotatable bonds is 3. The van der Waals surface area contributed by atoms with Crippen molar-refractivity contribution in [3.63, 3.8) is 0 Å². The van der Waals surface area contributed by atoms with Crippen molar-refractivity contribution in [1.82, 2.24) is 9.97 Å². The van der Waals surface area contributed by atoms with Gasteiger partial charge in [0.05, 0.1) is 24.3 Å². The van der Waals surface area contributed by atoms with Crippen LogP contribution in [0.4, 0.5) is 8.78 Å². The standard InChI is InChI=1S/C19H18F2N2O4/c20-11-5-13(21)16-14(6-11)22-19(23-16)10-3-1-2-9(4-10)18-17(26)15(25)7-12(8-24)27-18/h1-6,12,15,17-18,24-26H,7-8H2,(H,22,23)/t12?,15?,17?,18-/m1/s1. The largest absolute Gasteiger partial charge is 0.394 e. The van der Waals surface area contributed by atoms with E-state index in [1.54, 1.807) is 24.3 Å². The number of nitrogens with one attached hydrogen (secondary N) is 1. The molecule has 1 aliphatic rings. The van der Waals surface area contributed by atoms with Crippen molar-refractivity contribution in [1.29, 1.82) is 0 Å². The van der Waals surface area contributed by atoms with Crippen molar-refractivity contribution < 1.29 is 28.8 Å². The van der Waals surface area contributed by atoms with E-state index in [-0.39, 0.29) is 24.1 Å². The Morgan fingerprint density at radius 1 is 1.19 bits per heavy atom. The van der Waals surface area contributed by atoms with Crippen molar-refractivity contribution >= 4 is 11.0 Å². The van der Waals surface area contributed by atoms with E-state index in [9.17, 15) is 24.1 Å². The van der Waals surface area contributed by atoms with E-state index < -0.39 is 36.1 Å². The summed E-state index contributed by atoms with van der Waals surface area (Å²) >= 11 is 0. The van der Waals surface area contributed by atoms with Gasteiger partial charge in [-0.15, -0.1) is 0 Å². The van der Waals surface area contributed by atoms with Crippen LogP contribution in [-0.2, 0) is 4.74 Å². The van der Waals surface area contributed by atoms with E-state index in [1.807, 2.05) is 0 Å². The lowest BCUT2D eigenvalue weighted by molar-refractivity contribution is -0.179. The highest BCUT2D eigenvalue weighted by Gasteiger charge is 2.37. The molecule has 0 bridgehead atoms. The highest BCUT2D eigenvalue weighted by molar-refractivity contribution is 5.80. The van der Waals surface area contributed by atoms with Gasteiger partial charge in [-0.3, -0.25) is 0 Å². The molecule has 1 aliphatic heterocycles. The summed E-state index contributed by atoms with van der Waals surface area (Å²) in [6, 6.07) is 8.77. The fourth-order valence-electron chi connectivity index (χ4n) is 3.39. The normalized spacial score (nSPS) is 25.8. The number of aromatic amines is 1. The molecule has 4 rings (SSSR count). The van der Waals surface area contributed by atoms with E-state index >= 15 is 0 Å². The molecule has 0 saturated carbocycles. The first-order valence-electron chi connectivity index (χ1n) is 8.54. The highest BCUT2D eigenvalue weighted by atomic mass is 19.1. The average molecular weight is 376 g/mol. The smallest absolute Gasteiger partial charge is 0.153 e. The van der Waals surface area contributed by atoms with Crippen LogP contribution in [-0.4, -0.2) is 50.2 Å². The number of benzene rings is 2. The summed E-state index contributed by atoms with van der Waals surface area (Å²) in [5.74, 6) is -1.13. The number of ether oxygens (including phenoxy) is 1. The molecule has 1 saturated heterocycles. The molecule has 0 aliphatic carbocycles. The van der Waals surface area contributed by atoms with Crippen LogP contribution in [0, 0.1) is 11.6 Å². The van der Waals surface area contributed by atoms with Gasteiger partial charge in [-0.1, -0.05) is 18.2 Å². The van der Waals surface area contributed by atoms with Crippen LogP contribution in [0.15, 0.2) is 36.4 Å². The lowest BCUT2D eigenvalue weighted by atomic mass is 9.92. The minimum Gasteiger partial charge on any atom is -0.394 e. The molecular formula is C19H18F2N2O4. The van der Waals surface area contributed by atoms with Crippen LogP contribution in [0.1, 0.15) is 18.1 Å².